The van der Waals surface area contributed by atoms with Crippen LogP contribution in [0.3, 0.4) is 0 Å². The summed E-state index contributed by atoms with van der Waals surface area (Å²) in [6.07, 6.45) is 3.59. The number of nitrogens with zero attached hydrogens (tertiary/aromatic N) is 4. The monoisotopic (exact) mass is 332 g/mol. The van der Waals surface area contributed by atoms with E-state index in [1.807, 2.05) is 47.3 Å². The summed E-state index contributed by atoms with van der Waals surface area (Å²) < 4.78 is 4.83. The first kappa shape index (κ1) is 14.8. The molecule has 0 unspecified atom stereocenters. The highest BCUT2D eigenvalue weighted by molar-refractivity contribution is 7.71. The van der Waals surface area contributed by atoms with Gasteiger partial charge in [-0.05, 0) is 11.1 Å². The van der Waals surface area contributed by atoms with Crippen LogP contribution >= 0.6 is 12.2 Å². The number of imidazole rings is 1. The molecule has 0 N–H and O–H groups in total. The lowest BCUT2D eigenvalue weighted by molar-refractivity contribution is 0.752. The minimum absolute atomic E-state index is 0.695. The molecule has 0 fully saturated rings. The van der Waals surface area contributed by atoms with Gasteiger partial charge >= 0.3 is 0 Å². The van der Waals surface area contributed by atoms with Gasteiger partial charge in [0.15, 0.2) is 5.65 Å². The van der Waals surface area contributed by atoms with Gasteiger partial charge < -0.3 is 9.13 Å². The molecule has 4 nitrogen and oxygen atoms in total. The SMILES string of the molecule is S=c1c2c(ncn1Cc1ccccc1)ncn2Cc1ccccc1. The van der Waals surface area contributed by atoms with Crippen LogP contribution in [-0.4, -0.2) is 19.1 Å². The van der Waals surface area contributed by atoms with Crippen molar-refractivity contribution in [2.75, 3.05) is 0 Å². The molecule has 0 saturated heterocycles. The van der Waals surface area contributed by atoms with Crippen LogP contribution in [0.2, 0.25) is 0 Å². The van der Waals surface area contributed by atoms with Crippen LogP contribution in [0.25, 0.3) is 11.2 Å². The van der Waals surface area contributed by atoms with Crippen molar-refractivity contribution in [2.45, 2.75) is 13.1 Å². The lowest BCUT2D eigenvalue weighted by Crippen LogP contribution is -2.06. The van der Waals surface area contributed by atoms with Crippen molar-refractivity contribution in [1.29, 1.82) is 0 Å². The molecule has 4 aromatic rings. The molecule has 118 valence electrons. The van der Waals surface area contributed by atoms with Crippen molar-refractivity contribution in [3.63, 3.8) is 0 Å². The third-order valence-corrected chi connectivity index (χ3v) is 4.42. The van der Waals surface area contributed by atoms with E-state index in [0.29, 0.717) is 12.2 Å². The fourth-order valence-electron chi connectivity index (χ4n) is 2.79. The van der Waals surface area contributed by atoms with Crippen molar-refractivity contribution in [1.82, 2.24) is 19.1 Å². The third kappa shape index (κ3) is 2.86. The predicted octanol–water partition coefficient (Wildman–Crippen LogP) is 4.06. The van der Waals surface area contributed by atoms with Crippen molar-refractivity contribution >= 4 is 23.4 Å². The maximum Gasteiger partial charge on any atom is 0.182 e. The summed E-state index contributed by atoms with van der Waals surface area (Å²) in [6.45, 7) is 1.44. The predicted molar refractivity (Wildman–Crippen MR) is 97.4 cm³/mol. The molecule has 2 heterocycles. The zero-order valence-electron chi connectivity index (χ0n) is 13.0. The average molecular weight is 332 g/mol. The second-order valence-electron chi connectivity index (χ2n) is 5.69. The Bertz CT molecular complexity index is 1020. The molecule has 0 aliphatic heterocycles. The van der Waals surface area contributed by atoms with Gasteiger partial charge in [0, 0.05) is 13.1 Å². The fraction of sp³-hybridized carbons (Fsp3) is 0.105. The smallest absolute Gasteiger partial charge is 0.182 e. The molecular formula is C19H16N4S. The summed E-state index contributed by atoms with van der Waals surface area (Å²) in [5, 5.41) is 0. The minimum Gasteiger partial charge on any atom is -0.322 e. The van der Waals surface area contributed by atoms with Crippen LogP contribution in [-0.2, 0) is 13.1 Å². The maximum atomic E-state index is 5.71. The number of aromatic nitrogens is 4. The highest BCUT2D eigenvalue weighted by Crippen LogP contribution is 2.15. The van der Waals surface area contributed by atoms with Crippen LogP contribution in [0.1, 0.15) is 11.1 Å². The number of hydrogen-bond acceptors (Lipinski definition) is 3. The molecule has 0 amide bonds. The Morgan fingerprint density at radius 3 is 1.79 bits per heavy atom. The van der Waals surface area contributed by atoms with E-state index in [2.05, 4.69) is 38.8 Å². The summed E-state index contributed by atoms with van der Waals surface area (Å²) in [5.74, 6) is 0. The van der Waals surface area contributed by atoms with Crippen molar-refractivity contribution in [3.8, 4) is 0 Å². The molecule has 0 saturated carbocycles. The minimum atomic E-state index is 0.695. The molecule has 0 aliphatic carbocycles. The number of fused-ring (bicyclic) bond motifs is 1. The first-order valence-electron chi connectivity index (χ1n) is 7.79. The first-order valence-corrected chi connectivity index (χ1v) is 8.20. The van der Waals surface area contributed by atoms with Crippen molar-refractivity contribution < 1.29 is 0 Å². The number of benzene rings is 2. The summed E-state index contributed by atoms with van der Waals surface area (Å²) in [5.41, 5.74) is 4.01. The van der Waals surface area contributed by atoms with Gasteiger partial charge in [-0.3, -0.25) is 0 Å². The average Bonchev–Trinajstić information content (AvgIpc) is 3.03. The van der Waals surface area contributed by atoms with E-state index in [4.69, 9.17) is 12.2 Å². The zero-order chi connectivity index (χ0) is 16.4. The lowest BCUT2D eigenvalue weighted by atomic mass is 10.2. The first-order chi connectivity index (χ1) is 11.8. The topological polar surface area (TPSA) is 35.6 Å². The quantitative estimate of drug-likeness (QED) is 0.529. The molecular weight excluding hydrogens is 316 g/mol. The Balaban J connectivity index is 1.75. The normalized spacial score (nSPS) is 11.0. The van der Waals surface area contributed by atoms with Gasteiger partial charge in [0.25, 0.3) is 0 Å². The number of hydrogen-bond donors (Lipinski definition) is 0. The van der Waals surface area contributed by atoms with Crippen LogP contribution in [0.4, 0.5) is 0 Å². The second kappa shape index (κ2) is 6.37. The Labute approximate surface area is 145 Å². The summed E-state index contributed by atoms with van der Waals surface area (Å²) >= 11 is 5.71. The van der Waals surface area contributed by atoms with Gasteiger partial charge in [-0.15, -0.1) is 0 Å². The molecule has 0 bridgehead atoms. The summed E-state index contributed by atoms with van der Waals surface area (Å²) in [7, 11) is 0. The van der Waals surface area contributed by atoms with E-state index >= 15 is 0 Å². The molecule has 5 heteroatoms. The van der Waals surface area contributed by atoms with Crippen molar-refractivity contribution in [3.05, 3.63) is 89.1 Å². The fourth-order valence-corrected chi connectivity index (χ4v) is 3.11. The molecule has 24 heavy (non-hydrogen) atoms. The second-order valence-corrected chi connectivity index (χ2v) is 6.08. The Kier molecular flexibility index (Phi) is 3.92. The van der Waals surface area contributed by atoms with Gasteiger partial charge in [0.05, 0.1) is 12.7 Å². The van der Waals surface area contributed by atoms with Crippen LogP contribution in [0.15, 0.2) is 73.3 Å². The van der Waals surface area contributed by atoms with E-state index in [1.165, 1.54) is 11.1 Å². The Morgan fingerprint density at radius 1 is 0.708 bits per heavy atom. The zero-order valence-corrected chi connectivity index (χ0v) is 13.9. The highest BCUT2D eigenvalue weighted by Gasteiger charge is 2.09. The van der Waals surface area contributed by atoms with Gasteiger partial charge in [-0.25, -0.2) is 9.97 Å². The molecule has 0 aliphatic rings. The molecule has 2 aromatic carbocycles. The molecule has 0 radical (unpaired) electrons. The maximum absolute atomic E-state index is 5.71. The third-order valence-electron chi connectivity index (χ3n) is 3.99. The van der Waals surface area contributed by atoms with E-state index < -0.39 is 0 Å². The highest BCUT2D eigenvalue weighted by atomic mass is 32.1. The lowest BCUT2D eigenvalue weighted by Gasteiger charge is -2.09. The van der Waals surface area contributed by atoms with Crippen LogP contribution < -0.4 is 0 Å². The van der Waals surface area contributed by atoms with Crippen LogP contribution in [0.5, 0.6) is 0 Å². The van der Waals surface area contributed by atoms with E-state index in [9.17, 15) is 0 Å². The van der Waals surface area contributed by atoms with E-state index in [1.54, 1.807) is 6.33 Å². The van der Waals surface area contributed by atoms with E-state index in [0.717, 1.165) is 16.7 Å². The van der Waals surface area contributed by atoms with Crippen LogP contribution in [0, 0.1) is 4.64 Å². The molecule has 2 aromatic heterocycles. The van der Waals surface area contributed by atoms with Crippen molar-refractivity contribution in [2.24, 2.45) is 0 Å². The Morgan fingerprint density at radius 2 is 1.21 bits per heavy atom. The van der Waals surface area contributed by atoms with Gasteiger partial charge in [-0.2, -0.15) is 0 Å². The summed E-state index contributed by atoms with van der Waals surface area (Å²) in [4.78, 5) is 8.86. The standard InChI is InChI=1S/C19H16N4S/c24-19-17-18(20-13-22(17)11-15-7-3-1-4-8-15)21-14-23(19)12-16-9-5-2-6-10-16/h1-10,13-14H,11-12H2. The largest absolute Gasteiger partial charge is 0.322 e. The van der Waals surface area contributed by atoms with E-state index in [-0.39, 0.29) is 0 Å². The molecule has 4 rings (SSSR count). The Hall–Kier alpha value is -2.79. The number of rotatable bonds is 4. The van der Waals surface area contributed by atoms with Gasteiger partial charge in [0.1, 0.15) is 10.2 Å². The molecule has 0 spiro atoms. The molecule has 0 atom stereocenters. The summed E-state index contributed by atoms with van der Waals surface area (Å²) in [6, 6.07) is 20.6. The van der Waals surface area contributed by atoms with Gasteiger partial charge in [0.2, 0.25) is 0 Å². The van der Waals surface area contributed by atoms with Gasteiger partial charge in [-0.1, -0.05) is 72.9 Å².